The van der Waals surface area contributed by atoms with E-state index in [-0.39, 0.29) is 22.9 Å². The summed E-state index contributed by atoms with van der Waals surface area (Å²) >= 11 is 0. The van der Waals surface area contributed by atoms with Crippen LogP contribution in [0.25, 0.3) is 0 Å². The van der Waals surface area contributed by atoms with Crippen LogP contribution in [-0.2, 0) is 14.8 Å². The highest BCUT2D eigenvalue weighted by Crippen LogP contribution is 2.18. The first-order valence-corrected chi connectivity index (χ1v) is 9.62. The summed E-state index contributed by atoms with van der Waals surface area (Å²) in [7, 11) is -3.59. The summed E-state index contributed by atoms with van der Waals surface area (Å²) < 4.78 is 45.2. The van der Waals surface area contributed by atoms with E-state index in [2.05, 4.69) is 5.32 Å². The number of carbonyl (C=O) groups excluding carboxylic acids is 1. The van der Waals surface area contributed by atoms with Gasteiger partial charge in [-0.2, -0.15) is 4.31 Å². The van der Waals surface area contributed by atoms with Crippen LogP contribution in [0.4, 0.5) is 10.1 Å². The Morgan fingerprint density at radius 1 is 1.08 bits per heavy atom. The van der Waals surface area contributed by atoms with E-state index < -0.39 is 15.8 Å². The van der Waals surface area contributed by atoms with Gasteiger partial charge in [-0.3, -0.25) is 4.79 Å². The minimum absolute atomic E-state index is 0.0868. The van der Waals surface area contributed by atoms with E-state index in [1.807, 2.05) is 0 Å². The molecule has 0 aromatic heterocycles. The number of para-hydroxylation sites is 1. The first-order valence-electron chi connectivity index (χ1n) is 8.18. The molecule has 8 heteroatoms. The number of halogens is 1. The Hall–Kier alpha value is -2.29. The van der Waals surface area contributed by atoms with Crippen molar-refractivity contribution in [2.24, 2.45) is 0 Å². The lowest BCUT2D eigenvalue weighted by Crippen LogP contribution is -2.40. The Morgan fingerprint density at radius 2 is 1.73 bits per heavy atom. The fraction of sp³-hybridized carbons (Fsp3) is 0.278. The van der Waals surface area contributed by atoms with E-state index >= 15 is 0 Å². The molecule has 6 nitrogen and oxygen atoms in total. The molecule has 0 radical (unpaired) electrons. The van der Waals surface area contributed by atoms with Gasteiger partial charge in [0.2, 0.25) is 10.0 Å². The van der Waals surface area contributed by atoms with Crippen molar-refractivity contribution in [3.63, 3.8) is 0 Å². The van der Waals surface area contributed by atoms with Gasteiger partial charge in [-0.05, 0) is 36.4 Å². The molecule has 1 aliphatic heterocycles. The molecule has 2 aromatic carbocycles. The summed E-state index contributed by atoms with van der Waals surface area (Å²) in [5.74, 6) is -0.698. The molecule has 0 amide bonds. The quantitative estimate of drug-likeness (QED) is 0.780. The van der Waals surface area contributed by atoms with E-state index in [9.17, 15) is 17.6 Å². The Balaban J connectivity index is 1.67. The zero-order valence-electron chi connectivity index (χ0n) is 14.0. The zero-order chi connectivity index (χ0) is 18.6. The van der Waals surface area contributed by atoms with Gasteiger partial charge in [0.15, 0.2) is 5.78 Å². The molecule has 2 aromatic rings. The van der Waals surface area contributed by atoms with E-state index in [4.69, 9.17) is 4.74 Å². The van der Waals surface area contributed by atoms with Crippen molar-refractivity contribution < 1.29 is 22.3 Å². The molecule has 1 saturated heterocycles. The SMILES string of the molecule is O=C(CNc1ccccc1F)c1ccc(S(=O)(=O)N2CCOCC2)cc1. The standard InChI is InChI=1S/C18H19FN2O4S/c19-16-3-1-2-4-17(16)20-13-18(22)14-5-7-15(8-6-14)26(23,24)21-9-11-25-12-10-21/h1-8,20H,9-13H2. The number of nitrogens with zero attached hydrogens (tertiary/aromatic N) is 1. The largest absolute Gasteiger partial charge is 0.379 e. The summed E-state index contributed by atoms with van der Waals surface area (Å²) in [6.45, 7) is 1.29. The third kappa shape index (κ3) is 4.09. The second-order valence-electron chi connectivity index (χ2n) is 5.80. The molecular formula is C18H19FN2O4S. The maximum atomic E-state index is 13.5. The van der Waals surface area contributed by atoms with Crippen LogP contribution in [0.2, 0.25) is 0 Å². The third-order valence-corrected chi connectivity index (χ3v) is 6.01. The number of sulfonamides is 1. The molecule has 1 fully saturated rings. The fourth-order valence-electron chi connectivity index (χ4n) is 2.63. The van der Waals surface area contributed by atoms with Crippen LogP contribution in [0.15, 0.2) is 53.4 Å². The van der Waals surface area contributed by atoms with Crippen LogP contribution in [0.3, 0.4) is 0 Å². The Bertz CT molecular complexity index is 878. The molecule has 1 N–H and O–H groups in total. The first-order chi connectivity index (χ1) is 12.5. The summed E-state index contributed by atoms with van der Waals surface area (Å²) in [5, 5.41) is 2.74. The molecule has 0 atom stereocenters. The Kier molecular flexibility index (Phi) is 5.65. The molecule has 0 unspecified atom stereocenters. The van der Waals surface area contributed by atoms with Gasteiger partial charge in [-0.1, -0.05) is 12.1 Å². The van der Waals surface area contributed by atoms with Gasteiger partial charge in [0.25, 0.3) is 0 Å². The maximum absolute atomic E-state index is 13.5. The molecule has 0 bridgehead atoms. The predicted molar refractivity (Wildman–Crippen MR) is 95.2 cm³/mol. The van der Waals surface area contributed by atoms with Crippen molar-refractivity contribution >= 4 is 21.5 Å². The van der Waals surface area contributed by atoms with Crippen LogP contribution >= 0.6 is 0 Å². The monoisotopic (exact) mass is 378 g/mol. The maximum Gasteiger partial charge on any atom is 0.243 e. The van der Waals surface area contributed by atoms with E-state index in [0.717, 1.165) is 0 Å². The van der Waals surface area contributed by atoms with Crippen LogP contribution < -0.4 is 5.32 Å². The average Bonchev–Trinajstić information content (AvgIpc) is 2.68. The normalized spacial score (nSPS) is 15.6. The van der Waals surface area contributed by atoms with Crippen LogP contribution in [0.5, 0.6) is 0 Å². The second-order valence-corrected chi connectivity index (χ2v) is 7.74. The van der Waals surface area contributed by atoms with Gasteiger partial charge >= 0.3 is 0 Å². The minimum atomic E-state index is -3.59. The number of hydrogen-bond acceptors (Lipinski definition) is 5. The van der Waals surface area contributed by atoms with Crippen LogP contribution in [-0.4, -0.2) is 51.4 Å². The number of benzene rings is 2. The first kappa shape index (κ1) is 18.5. The molecule has 3 rings (SSSR count). The zero-order valence-corrected chi connectivity index (χ0v) is 14.8. The molecule has 1 heterocycles. The molecule has 0 aliphatic carbocycles. The number of Topliss-reactive ketones (excluding diaryl/α,β-unsaturated/α-hetero) is 1. The van der Waals surface area contributed by atoms with Crippen LogP contribution in [0.1, 0.15) is 10.4 Å². The third-order valence-electron chi connectivity index (χ3n) is 4.10. The summed E-state index contributed by atoms with van der Waals surface area (Å²) in [6, 6.07) is 11.9. The topological polar surface area (TPSA) is 75.7 Å². The van der Waals surface area contributed by atoms with Gasteiger partial charge in [-0.15, -0.1) is 0 Å². The molecule has 0 saturated carbocycles. The number of nitrogens with one attached hydrogen (secondary N) is 1. The van der Waals surface area contributed by atoms with Crippen molar-refractivity contribution in [3.05, 3.63) is 59.9 Å². The number of morpholine rings is 1. The fourth-order valence-corrected chi connectivity index (χ4v) is 4.04. The van der Waals surface area contributed by atoms with E-state index in [0.29, 0.717) is 31.9 Å². The van der Waals surface area contributed by atoms with Gasteiger partial charge in [0, 0.05) is 18.7 Å². The van der Waals surface area contributed by atoms with Crippen molar-refractivity contribution in [1.82, 2.24) is 4.31 Å². The highest BCUT2D eigenvalue weighted by atomic mass is 32.2. The lowest BCUT2D eigenvalue weighted by atomic mass is 10.1. The van der Waals surface area contributed by atoms with E-state index in [1.54, 1.807) is 18.2 Å². The van der Waals surface area contributed by atoms with Gasteiger partial charge in [0.05, 0.1) is 30.3 Å². The van der Waals surface area contributed by atoms with E-state index in [1.165, 1.54) is 34.6 Å². The highest BCUT2D eigenvalue weighted by Gasteiger charge is 2.26. The minimum Gasteiger partial charge on any atom is -0.379 e. The molecular weight excluding hydrogens is 359 g/mol. The summed E-state index contributed by atoms with van der Waals surface area (Å²) in [4.78, 5) is 12.4. The van der Waals surface area contributed by atoms with Crippen LogP contribution in [0, 0.1) is 5.82 Å². The summed E-state index contributed by atoms with van der Waals surface area (Å²) in [5.41, 5.74) is 0.599. The van der Waals surface area contributed by atoms with Gasteiger partial charge in [0.1, 0.15) is 5.82 Å². The van der Waals surface area contributed by atoms with Gasteiger partial charge < -0.3 is 10.1 Å². The number of anilines is 1. The number of ketones is 1. The molecule has 1 aliphatic rings. The lowest BCUT2D eigenvalue weighted by molar-refractivity contribution is 0.0730. The number of carbonyl (C=O) groups is 1. The second kappa shape index (κ2) is 7.94. The van der Waals surface area contributed by atoms with Crippen molar-refractivity contribution in [3.8, 4) is 0 Å². The molecule has 138 valence electrons. The van der Waals surface area contributed by atoms with Crippen molar-refractivity contribution in [2.75, 3.05) is 38.2 Å². The number of rotatable bonds is 6. The smallest absolute Gasteiger partial charge is 0.243 e. The van der Waals surface area contributed by atoms with Crippen molar-refractivity contribution in [2.45, 2.75) is 4.90 Å². The summed E-state index contributed by atoms with van der Waals surface area (Å²) in [6.07, 6.45) is 0. The lowest BCUT2D eigenvalue weighted by Gasteiger charge is -2.26. The van der Waals surface area contributed by atoms with Gasteiger partial charge in [-0.25, -0.2) is 12.8 Å². The number of ether oxygens (including phenoxy) is 1. The molecule has 0 spiro atoms. The highest BCUT2D eigenvalue weighted by molar-refractivity contribution is 7.89. The molecule has 26 heavy (non-hydrogen) atoms. The number of hydrogen-bond donors (Lipinski definition) is 1. The average molecular weight is 378 g/mol. The predicted octanol–water partition coefficient (Wildman–Crippen LogP) is 2.14. The Labute approximate surface area is 151 Å². The van der Waals surface area contributed by atoms with Crippen molar-refractivity contribution in [1.29, 1.82) is 0 Å². The Morgan fingerprint density at radius 3 is 2.38 bits per heavy atom.